The predicted molar refractivity (Wildman–Crippen MR) is 89.7 cm³/mol. The molecule has 0 unspecified atom stereocenters. The fourth-order valence-corrected chi connectivity index (χ4v) is 4.07. The Labute approximate surface area is 134 Å². The summed E-state index contributed by atoms with van der Waals surface area (Å²) < 4.78 is 2.42. The van der Waals surface area contributed by atoms with E-state index in [-0.39, 0.29) is 0 Å². The van der Waals surface area contributed by atoms with Gasteiger partial charge in [0.15, 0.2) is 0 Å². The number of piperazine rings is 1. The zero-order valence-electron chi connectivity index (χ0n) is 13.2. The van der Waals surface area contributed by atoms with E-state index in [1.807, 2.05) is 23.2 Å². The average molecular weight is 318 g/mol. The molecule has 4 rings (SSSR count). The van der Waals surface area contributed by atoms with Crippen LogP contribution >= 0.6 is 11.8 Å². The maximum atomic E-state index is 4.42. The molecule has 0 spiro atoms. The van der Waals surface area contributed by atoms with Gasteiger partial charge in [-0.25, -0.2) is 4.98 Å². The molecule has 0 N–H and O–H groups in total. The second-order valence-electron chi connectivity index (χ2n) is 6.38. The van der Waals surface area contributed by atoms with Crippen LogP contribution in [0.4, 0.5) is 5.82 Å². The largest absolute Gasteiger partial charge is 0.354 e. The molecule has 0 bridgehead atoms. The van der Waals surface area contributed by atoms with Gasteiger partial charge in [-0.05, 0) is 26.0 Å². The molecule has 2 aromatic rings. The number of fused-ring (bicyclic) bond motifs is 1. The molecule has 0 amide bonds. The van der Waals surface area contributed by atoms with Crippen LogP contribution in [0.2, 0.25) is 0 Å². The van der Waals surface area contributed by atoms with Crippen LogP contribution in [0.25, 0.3) is 5.78 Å². The number of rotatable bonds is 4. The van der Waals surface area contributed by atoms with Gasteiger partial charge in [0.1, 0.15) is 12.1 Å². The van der Waals surface area contributed by atoms with Crippen molar-refractivity contribution < 1.29 is 0 Å². The molecule has 22 heavy (non-hydrogen) atoms. The molecule has 0 atom stereocenters. The molecular formula is C15H22N6S. The molecule has 1 saturated heterocycles. The van der Waals surface area contributed by atoms with Crippen molar-refractivity contribution in [3.8, 4) is 0 Å². The number of anilines is 1. The molecule has 1 aliphatic heterocycles. The van der Waals surface area contributed by atoms with Crippen LogP contribution in [0.1, 0.15) is 18.5 Å². The molecule has 2 aromatic heterocycles. The zero-order chi connectivity index (χ0) is 15.2. The molecule has 1 aliphatic carbocycles. The summed E-state index contributed by atoms with van der Waals surface area (Å²) >= 11 is 2.05. The molecule has 0 radical (unpaired) electrons. The van der Waals surface area contributed by atoms with Crippen LogP contribution in [-0.2, 0) is 0 Å². The normalized spacial score (nSPS) is 21.5. The van der Waals surface area contributed by atoms with Crippen LogP contribution < -0.4 is 4.90 Å². The molecule has 1 saturated carbocycles. The van der Waals surface area contributed by atoms with E-state index in [1.165, 1.54) is 19.4 Å². The van der Waals surface area contributed by atoms with E-state index >= 15 is 0 Å². The summed E-state index contributed by atoms with van der Waals surface area (Å²) in [6.45, 7) is 7.60. The maximum Gasteiger partial charge on any atom is 0.254 e. The van der Waals surface area contributed by atoms with Crippen LogP contribution in [0, 0.1) is 6.92 Å². The topological polar surface area (TPSA) is 49.6 Å². The minimum absolute atomic E-state index is 0.564. The minimum Gasteiger partial charge on any atom is -0.354 e. The summed E-state index contributed by atoms with van der Waals surface area (Å²) in [5.74, 6) is 1.81. The van der Waals surface area contributed by atoms with E-state index in [4.69, 9.17) is 0 Å². The second kappa shape index (κ2) is 5.38. The van der Waals surface area contributed by atoms with Crippen molar-refractivity contribution in [2.75, 3.05) is 43.9 Å². The number of aromatic nitrogens is 4. The lowest BCUT2D eigenvalue weighted by Crippen LogP contribution is -2.49. The van der Waals surface area contributed by atoms with Crippen molar-refractivity contribution in [2.45, 2.75) is 24.5 Å². The summed E-state index contributed by atoms with van der Waals surface area (Å²) in [5, 5.41) is 4.32. The van der Waals surface area contributed by atoms with Crippen molar-refractivity contribution in [3.05, 3.63) is 18.1 Å². The van der Waals surface area contributed by atoms with Gasteiger partial charge in [-0.15, -0.1) is 0 Å². The highest BCUT2D eigenvalue weighted by molar-refractivity contribution is 8.00. The lowest BCUT2D eigenvalue weighted by molar-refractivity contribution is 0.254. The van der Waals surface area contributed by atoms with Crippen molar-refractivity contribution >= 4 is 23.4 Å². The second-order valence-corrected chi connectivity index (χ2v) is 7.65. The Morgan fingerprint density at radius 1 is 1.23 bits per heavy atom. The lowest BCUT2D eigenvalue weighted by atomic mass is 10.2. The fourth-order valence-electron chi connectivity index (χ4n) is 3.25. The summed E-state index contributed by atoms with van der Waals surface area (Å²) in [6, 6.07) is 2.11. The van der Waals surface area contributed by atoms with Gasteiger partial charge in [0.2, 0.25) is 0 Å². The average Bonchev–Trinajstić information content (AvgIpc) is 3.14. The van der Waals surface area contributed by atoms with Gasteiger partial charge >= 0.3 is 0 Å². The van der Waals surface area contributed by atoms with Gasteiger partial charge in [-0.2, -0.15) is 26.4 Å². The third kappa shape index (κ3) is 2.56. The molecular weight excluding hydrogens is 296 g/mol. The quantitative estimate of drug-likeness (QED) is 0.850. The first-order valence-electron chi connectivity index (χ1n) is 7.89. The zero-order valence-corrected chi connectivity index (χ0v) is 14.0. The monoisotopic (exact) mass is 318 g/mol. The summed E-state index contributed by atoms with van der Waals surface area (Å²) in [4.78, 5) is 13.7. The van der Waals surface area contributed by atoms with Crippen LogP contribution in [0.5, 0.6) is 0 Å². The molecule has 3 heterocycles. The molecule has 7 heteroatoms. The fraction of sp³-hybridized carbons (Fsp3) is 0.667. The Hall–Kier alpha value is -1.34. The first-order chi connectivity index (χ1) is 10.7. The van der Waals surface area contributed by atoms with Gasteiger partial charge in [0, 0.05) is 49.2 Å². The number of aryl methyl sites for hydroxylation is 1. The standard InChI is InChI=1S/C15H22N6S/c1-12-9-13(21-14(18-12)16-11-17-21)20-7-5-19(6-8-20)10-15(22-2)3-4-15/h9,11H,3-8,10H2,1-2H3. The maximum absolute atomic E-state index is 4.42. The highest BCUT2D eigenvalue weighted by Gasteiger charge is 2.43. The van der Waals surface area contributed by atoms with Crippen molar-refractivity contribution in [1.29, 1.82) is 0 Å². The number of thioether (sulfide) groups is 1. The Morgan fingerprint density at radius 2 is 2.00 bits per heavy atom. The Kier molecular flexibility index (Phi) is 3.49. The smallest absolute Gasteiger partial charge is 0.254 e. The Bertz CT molecular complexity index is 672. The molecule has 6 nitrogen and oxygen atoms in total. The van der Waals surface area contributed by atoms with Crippen molar-refractivity contribution in [1.82, 2.24) is 24.5 Å². The molecule has 2 fully saturated rings. The van der Waals surface area contributed by atoms with E-state index in [0.29, 0.717) is 10.5 Å². The SMILES string of the molecule is CSC1(CN2CCN(c3cc(C)nc4ncnn34)CC2)CC1. The molecule has 118 valence electrons. The van der Waals surface area contributed by atoms with E-state index < -0.39 is 0 Å². The van der Waals surface area contributed by atoms with E-state index in [2.05, 4.69) is 37.2 Å². The molecule has 0 aromatic carbocycles. The highest BCUT2D eigenvalue weighted by atomic mass is 32.2. The third-order valence-corrected chi connectivity index (χ3v) is 6.21. The third-order valence-electron chi connectivity index (χ3n) is 4.81. The molecule has 2 aliphatic rings. The number of nitrogens with zero attached hydrogens (tertiary/aromatic N) is 6. The van der Waals surface area contributed by atoms with Gasteiger partial charge in [0.25, 0.3) is 5.78 Å². The Morgan fingerprint density at radius 3 is 2.68 bits per heavy atom. The minimum atomic E-state index is 0.564. The number of hydrogen-bond donors (Lipinski definition) is 0. The van der Waals surface area contributed by atoms with Crippen LogP contribution in [-0.4, -0.2) is 68.2 Å². The summed E-state index contributed by atoms with van der Waals surface area (Å²) in [7, 11) is 0. The van der Waals surface area contributed by atoms with E-state index in [1.54, 1.807) is 6.33 Å². The van der Waals surface area contributed by atoms with Crippen LogP contribution in [0.15, 0.2) is 12.4 Å². The predicted octanol–water partition coefficient (Wildman–Crippen LogP) is 1.45. The van der Waals surface area contributed by atoms with Crippen LogP contribution in [0.3, 0.4) is 0 Å². The first kappa shape index (κ1) is 14.3. The van der Waals surface area contributed by atoms with Crippen molar-refractivity contribution in [2.24, 2.45) is 0 Å². The summed E-state index contributed by atoms with van der Waals surface area (Å²) in [6.07, 6.45) is 6.61. The van der Waals surface area contributed by atoms with Gasteiger partial charge in [0.05, 0.1) is 0 Å². The number of hydrogen-bond acceptors (Lipinski definition) is 6. The first-order valence-corrected chi connectivity index (χ1v) is 9.11. The summed E-state index contributed by atoms with van der Waals surface area (Å²) in [5.41, 5.74) is 0.997. The lowest BCUT2D eigenvalue weighted by Gasteiger charge is -2.37. The van der Waals surface area contributed by atoms with Gasteiger partial charge in [-0.3, -0.25) is 4.90 Å². The van der Waals surface area contributed by atoms with Crippen molar-refractivity contribution in [3.63, 3.8) is 0 Å². The van der Waals surface area contributed by atoms with Gasteiger partial charge < -0.3 is 4.90 Å². The Balaban J connectivity index is 1.47. The van der Waals surface area contributed by atoms with Gasteiger partial charge in [-0.1, -0.05) is 0 Å². The van der Waals surface area contributed by atoms with E-state index in [9.17, 15) is 0 Å². The van der Waals surface area contributed by atoms with E-state index in [0.717, 1.165) is 37.7 Å². The highest BCUT2D eigenvalue weighted by Crippen LogP contribution is 2.47.